The molecular formula is C15H10Cl2N2O2. The lowest BCUT2D eigenvalue weighted by molar-refractivity contribution is 0.0698. The van der Waals surface area contributed by atoms with Gasteiger partial charge >= 0.3 is 5.97 Å². The normalized spacial score (nSPS) is 11.0. The zero-order valence-electron chi connectivity index (χ0n) is 11.0. The highest BCUT2D eigenvalue weighted by Crippen LogP contribution is 2.32. The third kappa shape index (κ3) is 2.17. The van der Waals surface area contributed by atoms with E-state index in [9.17, 15) is 9.90 Å². The summed E-state index contributed by atoms with van der Waals surface area (Å²) in [5, 5.41) is 10.2. The van der Waals surface area contributed by atoms with Crippen LogP contribution in [0, 0.1) is 6.92 Å². The molecule has 1 aromatic heterocycles. The highest BCUT2D eigenvalue weighted by molar-refractivity contribution is 6.43. The van der Waals surface area contributed by atoms with Crippen LogP contribution in [-0.2, 0) is 0 Å². The summed E-state index contributed by atoms with van der Waals surface area (Å²) in [4.78, 5) is 15.9. The highest BCUT2D eigenvalue weighted by Gasteiger charge is 2.18. The van der Waals surface area contributed by atoms with E-state index >= 15 is 0 Å². The van der Waals surface area contributed by atoms with Gasteiger partial charge in [0.2, 0.25) is 0 Å². The first-order valence-electron chi connectivity index (χ1n) is 6.16. The molecule has 6 heteroatoms. The van der Waals surface area contributed by atoms with E-state index in [1.807, 2.05) is 0 Å². The van der Waals surface area contributed by atoms with Gasteiger partial charge in [-0.2, -0.15) is 0 Å². The van der Waals surface area contributed by atoms with Gasteiger partial charge in [0.25, 0.3) is 0 Å². The molecule has 0 aliphatic carbocycles. The van der Waals surface area contributed by atoms with E-state index < -0.39 is 5.97 Å². The number of carboxylic acids is 1. The molecule has 2 aromatic carbocycles. The van der Waals surface area contributed by atoms with Crippen molar-refractivity contribution in [3.63, 3.8) is 0 Å². The first-order valence-corrected chi connectivity index (χ1v) is 6.92. The van der Waals surface area contributed by atoms with Crippen LogP contribution in [0.2, 0.25) is 10.0 Å². The van der Waals surface area contributed by atoms with Crippen LogP contribution >= 0.6 is 23.2 Å². The lowest BCUT2D eigenvalue weighted by Gasteiger charge is -2.11. The molecule has 4 nitrogen and oxygen atoms in total. The number of carboxylic acid groups (broad SMARTS) is 1. The van der Waals surface area contributed by atoms with Crippen molar-refractivity contribution in [2.75, 3.05) is 0 Å². The molecule has 21 heavy (non-hydrogen) atoms. The van der Waals surface area contributed by atoms with Crippen LogP contribution in [0.3, 0.4) is 0 Å². The number of carbonyl (C=O) groups is 1. The summed E-state index contributed by atoms with van der Waals surface area (Å²) in [7, 11) is 0. The van der Waals surface area contributed by atoms with Gasteiger partial charge in [0.05, 0.1) is 32.3 Å². The third-order valence-corrected chi connectivity index (χ3v) is 4.06. The highest BCUT2D eigenvalue weighted by atomic mass is 35.5. The number of nitrogens with zero attached hydrogens (tertiary/aromatic N) is 2. The first-order chi connectivity index (χ1) is 10.0. The molecule has 0 unspecified atom stereocenters. The second kappa shape index (κ2) is 5.06. The molecule has 3 aromatic rings. The maximum absolute atomic E-state index is 11.5. The fraction of sp³-hybridized carbons (Fsp3) is 0.0667. The van der Waals surface area contributed by atoms with E-state index in [4.69, 9.17) is 23.2 Å². The molecule has 0 aliphatic heterocycles. The summed E-state index contributed by atoms with van der Waals surface area (Å²) in [5.74, 6) is -0.372. The number of hydrogen-bond acceptors (Lipinski definition) is 2. The van der Waals surface area contributed by atoms with Crippen molar-refractivity contribution in [3.05, 3.63) is 57.8 Å². The number of aromatic nitrogens is 2. The molecule has 0 atom stereocenters. The molecule has 106 valence electrons. The summed E-state index contributed by atoms with van der Waals surface area (Å²) >= 11 is 12.3. The van der Waals surface area contributed by atoms with E-state index in [0.29, 0.717) is 32.6 Å². The Labute approximate surface area is 130 Å². The Kier molecular flexibility index (Phi) is 3.35. The monoisotopic (exact) mass is 320 g/mol. The van der Waals surface area contributed by atoms with E-state index in [1.54, 1.807) is 47.9 Å². The quantitative estimate of drug-likeness (QED) is 0.764. The van der Waals surface area contributed by atoms with E-state index in [0.717, 1.165) is 0 Å². The molecule has 0 radical (unpaired) electrons. The van der Waals surface area contributed by atoms with Crippen LogP contribution in [0.15, 0.2) is 36.4 Å². The minimum absolute atomic E-state index is 0.171. The number of aromatic carboxylic acids is 1. The van der Waals surface area contributed by atoms with Gasteiger partial charge < -0.3 is 5.11 Å². The van der Waals surface area contributed by atoms with Crippen molar-refractivity contribution < 1.29 is 9.90 Å². The van der Waals surface area contributed by atoms with Gasteiger partial charge in [-0.1, -0.05) is 35.3 Å². The summed E-state index contributed by atoms with van der Waals surface area (Å²) in [5.41, 5.74) is 1.89. The van der Waals surface area contributed by atoms with Crippen LogP contribution < -0.4 is 0 Å². The zero-order valence-corrected chi connectivity index (χ0v) is 12.5. The minimum Gasteiger partial charge on any atom is -0.478 e. The number of rotatable bonds is 2. The van der Waals surface area contributed by atoms with E-state index in [1.165, 1.54) is 0 Å². The van der Waals surface area contributed by atoms with Gasteiger partial charge in [-0.05, 0) is 31.2 Å². The second-order valence-electron chi connectivity index (χ2n) is 4.55. The van der Waals surface area contributed by atoms with Crippen LogP contribution in [-0.4, -0.2) is 20.6 Å². The molecule has 0 saturated heterocycles. The molecule has 1 N–H and O–H groups in total. The van der Waals surface area contributed by atoms with Crippen LogP contribution in [0.5, 0.6) is 0 Å². The molecule has 0 fully saturated rings. The van der Waals surface area contributed by atoms with Crippen molar-refractivity contribution in [2.24, 2.45) is 0 Å². The van der Waals surface area contributed by atoms with Crippen LogP contribution in [0.1, 0.15) is 16.2 Å². The fourth-order valence-corrected chi connectivity index (χ4v) is 2.76. The number of hydrogen-bond donors (Lipinski definition) is 1. The summed E-state index contributed by atoms with van der Waals surface area (Å²) in [6, 6.07) is 10.2. The minimum atomic E-state index is -1.01. The Morgan fingerprint density at radius 2 is 1.90 bits per heavy atom. The Balaban J connectivity index is 2.45. The van der Waals surface area contributed by atoms with Crippen LogP contribution in [0.4, 0.5) is 0 Å². The molecule has 0 saturated carbocycles. The Hall–Kier alpha value is -2.04. The van der Waals surface area contributed by atoms with Crippen molar-refractivity contribution in [3.8, 4) is 5.69 Å². The number of benzene rings is 2. The van der Waals surface area contributed by atoms with Gasteiger partial charge in [0, 0.05) is 0 Å². The Morgan fingerprint density at radius 3 is 2.62 bits per heavy atom. The SMILES string of the molecule is Cc1nc2cccc(C(=O)O)c2n1-c1cccc(Cl)c1Cl. The van der Waals surface area contributed by atoms with E-state index in [2.05, 4.69) is 4.98 Å². The third-order valence-electron chi connectivity index (χ3n) is 3.25. The van der Waals surface area contributed by atoms with Crippen LogP contribution in [0.25, 0.3) is 16.7 Å². The largest absolute Gasteiger partial charge is 0.478 e. The summed E-state index contributed by atoms with van der Waals surface area (Å²) < 4.78 is 1.72. The predicted octanol–water partition coefficient (Wildman–Crippen LogP) is 4.34. The van der Waals surface area contributed by atoms with Crippen molar-refractivity contribution >= 4 is 40.2 Å². The number of para-hydroxylation sites is 1. The smallest absolute Gasteiger partial charge is 0.337 e. The Morgan fingerprint density at radius 1 is 1.19 bits per heavy atom. The molecule has 1 heterocycles. The number of imidazole rings is 1. The average Bonchev–Trinajstić information content (AvgIpc) is 2.77. The maximum atomic E-state index is 11.5. The second-order valence-corrected chi connectivity index (χ2v) is 5.33. The standard InChI is InChI=1S/C15H10Cl2N2O2/c1-8-18-11-6-2-4-9(15(20)21)14(11)19(8)12-7-3-5-10(16)13(12)17/h2-7H,1H3,(H,20,21). The first kappa shape index (κ1) is 13.9. The maximum Gasteiger partial charge on any atom is 0.337 e. The molecule has 0 aliphatic rings. The molecule has 0 spiro atoms. The number of halogens is 2. The lowest BCUT2D eigenvalue weighted by Crippen LogP contribution is -2.04. The summed E-state index contributed by atoms with van der Waals surface area (Å²) in [6.45, 7) is 1.79. The zero-order chi connectivity index (χ0) is 15.1. The fourth-order valence-electron chi connectivity index (χ4n) is 2.38. The van der Waals surface area contributed by atoms with Crippen molar-refractivity contribution in [2.45, 2.75) is 6.92 Å². The molecule has 3 rings (SSSR count). The van der Waals surface area contributed by atoms with Gasteiger partial charge in [0.15, 0.2) is 0 Å². The average molecular weight is 321 g/mol. The van der Waals surface area contributed by atoms with Crippen molar-refractivity contribution in [1.82, 2.24) is 9.55 Å². The molecular weight excluding hydrogens is 311 g/mol. The summed E-state index contributed by atoms with van der Waals surface area (Å²) in [6.07, 6.45) is 0. The van der Waals surface area contributed by atoms with Gasteiger partial charge in [-0.3, -0.25) is 4.57 Å². The predicted molar refractivity (Wildman–Crippen MR) is 82.8 cm³/mol. The topological polar surface area (TPSA) is 55.1 Å². The van der Waals surface area contributed by atoms with E-state index in [-0.39, 0.29) is 5.56 Å². The lowest BCUT2D eigenvalue weighted by atomic mass is 10.1. The Bertz CT molecular complexity index is 871. The number of aryl methyl sites for hydroxylation is 1. The van der Waals surface area contributed by atoms with Gasteiger partial charge in [-0.25, -0.2) is 9.78 Å². The molecule has 0 bridgehead atoms. The number of fused-ring (bicyclic) bond motifs is 1. The van der Waals surface area contributed by atoms with Gasteiger partial charge in [0.1, 0.15) is 5.82 Å². The van der Waals surface area contributed by atoms with Gasteiger partial charge in [-0.15, -0.1) is 0 Å². The molecule has 0 amide bonds. The van der Waals surface area contributed by atoms with Crippen molar-refractivity contribution in [1.29, 1.82) is 0 Å².